The van der Waals surface area contributed by atoms with Crippen molar-refractivity contribution in [3.8, 4) is 0 Å². The highest BCUT2D eigenvalue weighted by Gasteiger charge is 2.31. The Morgan fingerprint density at radius 1 is 1.04 bits per heavy atom. The highest BCUT2D eigenvalue weighted by atomic mass is 16.3. The number of carbonyl (C=O) groups excluding carboxylic acids is 2. The number of hydrogen-bond acceptors (Lipinski definition) is 3. The second-order valence-electron chi connectivity index (χ2n) is 8.38. The van der Waals surface area contributed by atoms with Crippen LogP contribution in [0.4, 0.5) is 0 Å². The van der Waals surface area contributed by atoms with E-state index in [-0.39, 0.29) is 24.3 Å². The zero-order valence-corrected chi connectivity index (χ0v) is 17.6. The lowest BCUT2D eigenvalue weighted by Gasteiger charge is -2.37. The molecule has 0 N–H and O–H groups in total. The van der Waals surface area contributed by atoms with Crippen molar-refractivity contribution >= 4 is 11.8 Å². The van der Waals surface area contributed by atoms with Gasteiger partial charge in [0.15, 0.2) is 0 Å². The van der Waals surface area contributed by atoms with Gasteiger partial charge in [-0.2, -0.15) is 0 Å². The molecule has 1 aromatic carbocycles. The first-order valence-electron chi connectivity index (χ1n) is 9.84. The van der Waals surface area contributed by atoms with Crippen LogP contribution < -0.4 is 0 Å². The molecule has 0 fully saturated rings. The van der Waals surface area contributed by atoms with Crippen LogP contribution in [0.15, 0.2) is 53.1 Å². The van der Waals surface area contributed by atoms with Crippen molar-refractivity contribution in [3.63, 3.8) is 0 Å². The SMILES string of the molecule is CC(C)C(=O)N(CC(=O)N(CCc1ccccc1)Cc1ccco1)C(C)(C)C. The maximum absolute atomic E-state index is 13.2. The van der Waals surface area contributed by atoms with Gasteiger partial charge >= 0.3 is 0 Å². The number of carbonyl (C=O) groups is 2. The van der Waals surface area contributed by atoms with Gasteiger partial charge in [0.2, 0.25) is 11.8 Å². The van der Waals surface area contributed by atoms with Gasteiger partial charge in [-0.25, -0.2) is 0 Å². The highest BCUT2D eigenvalue weighted by molar-refractivity contribution is 5.86. The molecule has 0 bridgehead atoms. The molecule has 1 heterocycles. The van der Waals surface area contributed by atoms with Crippen molar-refractivity contribution < 1.29 is 14.0 Å². The van der Waals surface area contributed by atoms with Crippen LogP contribution in [0.1, 0.15) is 45.9 Å². The predicted molar refractivity (Wildman–Crippen MR) is 111 cm³/mol. The Kier molecular flexibility index (Phi) is 7.44. The van der Waals surface area contributed by atoms with Gasteiger partial charge in [-0.05, 0) is 44.9 Å². The van der Waals surface area contributed by atoms with Crippen molar-refractivity contribution in [2.45, 2.75) is 53.1 Å². The Morgan fingerprint density at radius 3 is 2.25 bits per heavy atom. The van der Waals surface area contributed by atoms with Crippen LogP contribution in [-0.4, -0.2) is 40.2 Å². The maximum atomic E-state index is 13.2. The largest absolute Gasteiger partial charge is 0.467 e. The fourth-order valence-electron chi connectivity index (χ4n) is 2.98. The van der Waals surface area contributed by atoms with Gasteiger partial charge in [0.05, 0.1) is 12.8 Å². The van der Waals surface area contributed by atoms with E-state index in [2.05, 4.69) is 12.1 Å². The molecular weight excluding hydrogens is 352 g/mol. The number of rotatable bonds is 8. The van der Waals surface area contributed by atoms with Crippen LogP contribution >= 0.6 is 0 Å². The molecule has 0 radical (unpaired) electrons. The number of amides is 2. The summed E-state index contributed by atoms with van der Waals surface area (Å²) >= 11 is 0. The lowest BCUT2D eigenvalue weighted by Crippen LogP contribution is -2.52. The van der Waals surface area contributed by atoms with E-state index in [4.69, 9.17) is 4.42 Å². The fourth-order valence-corrected chi connectivity index (χ4v) is 2.98. The Morgan fingerprint density at radius 2 is 1.71 bits per heavy atom. The number of furan rings is 1. The Balaban J connectivity index is 2.15. The van der Waals surface area contributed by atoms with E-state index in [1.54, 1.807) is 16.1 Å². The molecule has 0 saturated carbocycles. The first-order chi connectivity index (χ1) is 13.2. The summed E-state index contributed by atoms with van der Waals surface area (Å²) in [6.07, 6.45) is 2.36. The van der Waals surface area contributed by atoms with Crippen LogP contribution in [0.25, 0.3) is 0 Å². The first kappa shape index (κ1) is 21.7. The van der Waals surface area contributed by atoms with Gasteiger partial charge in [0.25, 0.3) is 0 Å². The van der Waals surface area contributed by atoms with Crippen LogP contribution in [0.3, 0.4) is 0 Å². The lowest BCUT2D eigenvalue weighted by atomic mass is 10.0. The Labute approximate surface area is 168 Å². The van der Waals surface area contributed by atoms with Crippen molar-refractivity contribution in [2.24, 2.45) is 5.92 Å². The molecule has 0 aliphatic rings. The van der Waals surface area contributed by atoms with Gasteiger partial charge in [0, 0.05) is 18.0 Å². The van der Waals surface area contributed by atoms with E-state index >= 15 is 0 Å². The smallest absolute Gasteiger partial charge is 0.242 e. The zero-order chi connectivity index (χ0) is 20.7. The van der Waals surface area contributed by atoms with Crippen LogP contribution in [-0.2, 0) is 22.6 Å². The first-order valence-corrected chi connectivity index (χ1v) is 9.84. The van der Waals surface area contributed by atoms with Gasteiger partial charge in [-0.15, -0.1) is 0 Å². The molecule has 152 valence electrons. The van der Waals surface area contributed by atoms with Crippen LogP contribution in [0.5, 0.6) is 0 Å². The van der Waals surface area contributed by atoms with E-state index in [1.807, 2.05) is 65.0 Å². The van der Waals surface area contributed by atoms with Crippen molar-refractivity contribution in [1.29, 1.82) is 0 Å². The third-order valence-corrected chi connectivity index (χ3v) is 4.66. The summed E-state index contributed by atoms with van der Waals surface area (Å²) in [6.45, 7) is 10.6. The molecule has 0 aliphatic carbocycles. The van der Waals surface area contributed by atoms with Crippen molar-refractivity contribution in [1.82, 2.24) is 9.80 Å². The van der Waals surface area contributed by atoms with E-state index in [9.17, 15) is 9.59 Å². The molecule has 5 nitrogen and oxygen atoms in total. The average Bonchev–Trinajstić information content (AvgIpc) is 3.15. The zero-order valence-electron chi connectivity index (χ0n) is 17.6. The molecule has 0 spiro atoms. The Bertz CT molecular complexity index is 746. The molecule has 0 unspecified atom stereocenters. The van der Waals surface area contributed by atoms with Crippen LogP contribution in [0, 0.1) is 5.92 Å². The van der Waals surface area contributed by atoms with Gasteiger partial charge in [-0.3, -0.25) is 9.59 Å². The normalized spacial score (nSPS) is 11.5. The fraction of sp³-hybridized carbons (Fsp3) is 0.478. The summed E-state index contributed by atoms with van der Waals surface area (Å²) in [5.74, 6) is 0.492. The Hall–Kier alpha value is -2.56. The molecule has 1 aromatic heterocycles. The van der Waals surface area contributed by atoms with E-state index in [0.717, 1.165) is 12.2 Å². The molecule has 0 aliphatic heterocycles. The summed E-state index contributed by atoms with van der Waals surface area (Å²) < 4.78 is 5.45. The summed E-state index contributed by atoms with van der Waals surface area (Å²) in [5, 5.41) is 0. The summed E-state index contributed by atoms with van der Waals surface area (Å²) in [7, 11) is 0. The lowest BCUT2D eigenvalue weighted by molar-refractivity contribution is -0.147. The van der Waals surface area contributed by atoms with E-state index in [0.29, 0.717) is 13.1 Å². The molecule has 5 heteroatoms. The molecule has 2 amide bonds. The second kappa shape index (κ2) is 9.58. The third-order valence-electron chi connectivity index (χ3n) is 4.66. The minimum absolute atomic E-state index is 0.0122. The molecule has 0 atom stereocenters. The monoisotopic (exact) mass is 384 g/mol. The number of nitrogens with zero attached hydrogens (tertiary/aromatic N) is 2. The third kappa shape index (κ3) is 6.25. The quantitative estimate of drug-likeness (QED) is 0.687. The van der Waals surface area contributed by atoms with Crippen molar-refractivity contribution in [2.75, 3.05) is 13.1 Å². The minimum Gasteiger partial charge on any atom is -0.467 e. The standard InChI is InChI=1S/C23H32N2O3/c1-18(2)22(27)25(23(3,4)5)17-21(26)24(16-20-12-9-15-28-20)14-13-19-10-7-6-8-11-19/h6-12,15,18H,13-14,16-17H2,1-5H3. The van der Waals surface area contributed by atoms with E-state index in [1.165, 1.54) is 5.56 Å². The predicted octanol–water partition coefficient (Wildman–Crippen LogP) is 4.13. The molecule has 28 heavy (non-hydrogen) atoms. The minimum atomic E-state index is -0.424. The molecule has 2 rings (SSSR count). The average molecular weight is 385 g/mol. The maximum Gasteiger partial charge on any atom is 0.242 e. The van der Waals surface area contributed by atoms with Crippen LogP contribution in [0.2, 0.25) is 0 Å². The summed E-state index contributed by atoms with van der Waals surface area (Å²) in [5.41, 5.74) is 0.748. The molecule has 0 saturated heterocycles. The topological polar surface area (TPSA) is 53.8 Å². The molecule has 2 aromatic rings. The summed E-state index contributed by atoms with van der Waals surface area (Å²) in [4.78, 5) is 29.3. The second-order valence-corrected chi connectivity index (χ2v) is 8.38. The highest BCUT2D eigenvalue weighted by Crippen LogP contribution is 2.18. The van der Waals surface area contributed by atoms with Gasteiger partial charge < -0.3 is 14.2 Å². The van der Waals surface area contributed by atoms with Crippen molar-refractivity contribution in [3.05, 3.63) is 60.1 Å². The van der Waals surface area contributed by atoms with Gasteiger partial charge in [0.1, 0.15) is 12.3 Å². The molecular formula is C23H32N2O3. The summed E-state index contributed by atoms with van der Waals surface area (Å²) in [6, 6.07) is 13.8. The van der Waals surface area contributed by atoms with E-state index < -0.39 is 5.54 Å². The van der Waals surface area contributed by atoms with Gasteiger partial charge in [-0.1, -0.05) is 44.2 Å². The number of hydrogen-bond donors (Lipinski definition) is 0. The number of benzene rings is 1.